The van der Waals surface area contributed by atoms with Crippen molar-refractivity contribution in [1.29, 1.82) is 0 Å². The minimum atomic E-state index is -0.257. The second kappa shape index (κ2) is 5.53. The van der Waals surface area contributed by atoms with Gasteiger partial charge in [-0.25, -0.2) is 10.9 Å². The maximum absolute atomic E-state index is 12.9. The van der Waals surface area contributed by atoms with Crippen molar-refractivity contribution in [3.8, 4) is 0 Å². The van der Waals surface area contributed by atoms with E-state index < -0.39 is 0 Å². The van der Waals surface area contributed by atoms with E-state index in [0.29, 0.717) is 13.1 Å². The molecule has 0 spiro atoms. The third-order valence-electron chi connectivity index (χ3n) is 4.23. The molecule has 0 aliphatic carbocycles. The SMILES string of the molecule is O=C(C1CNNN1)N1CCn2cccc2C1c1ccccn1. The maximum atomic E-state index is 12.9. The number of hydrazine groups is 2. The smallest absolute Gasteiger partial charge is 0.243 e. The van der Waals surface area contributed by atoms with E-state index >= 15 is 0 Å². The number of fused-ring (bicyclic) bond motifs is 1. The van der Waals surface area contributed by atoms with Crippen LogP contribution in [0.2, 0.25) is 0 Å². The number of nitrogens with one attached hydrogen (secondary N) is 3. The molecule has 7 heteroatoms. The lowest BCUT2D eigenvalue weighted by molar-refractivity contribution is -0.135. The molecular formula is C15H18N6O. The monoisotopic (exact) mass is 298 g/mol. The molecule has 114 valence electrons. The van der Waals surface area contributed by atoms with Crippen molar-refractivity contribution in [2.45, 2.75) is 18.6 Å². The summed E-state index contributed by atoms with van der Waals surface area (Å²) in [6, 6.07) is 9.53. The lowest BCUT2D eigenvalue weighted by Gasteiger charge is -2.37. The van der Waals surface area contributed by atoms with Gasteiger partial charge in [-0.05, 0) is 24.3 Å². The lowest BCUT2D eigenvalue weighted by atomic mass is 10.0. The fourth-order valence-electron chi connectivity index (χ4n) is 3.16. The van der Waals surface area contributed by atoms with Crippen LogP contribution in [0.15, 0.2) is 42.7 Å². The first kappa shape index (κ1) is 13.4. The van der Waals surface area contributed by atoms with Gasteiger partial charge in [0.1, 0.15) is 12.1 Å². The summed E-state index contributed by atoms with van der Waals surface area (Å²) in [5, 5.41) is 0. The molecule has 0 radical (unpaired) electrons. The van der Waals surface area contributed by atoms with Crippen molar-refractivity contribution in [2.75, 3.05) is 13.1 Å². The van der Waals surface area contributed by atoms with Crippen LogP contribution >= 0.6 is 0 Å². The molecule has 4 rings (SSSR count). The Hall–Kier alpha value is -2.22. The van der Waals surface area contributed by atoms with Crippen LogP contribution in [-0.4, -0.2) is 39.5 Å². The number of pyridine rings is 1. The number of hydrogen-bond acceptors (Lipinski definition) is 5. The lowest BCUT2D eigenvalue weighted by Crippen LogP contribution is -2.51. The molecule has 1 saturated heterocycles. The van der Waals surface area contributed by atoms with E-state index in [1.54, 1.807) is 6.20 Å². The topological polar surface area (TPSA) is 74.2 Å². The molecule has 2 aliphatic rings. The molecule has 3 N–H and O–H groups in total. The Morgan fingerprint density at radius 2 is 2.18 bits per heavy atom. The van der Waals surface area contributed by atoms with Crippen LogP contribution < -0.4 is 16.4 Å². The minimum Gasteiger partial charge on any atom is -0.347 e. The first-order valence-corrected chi connectivity index (χ1v) is 7.44. The Morgan fingerprint density at radius 3 is 2.95 bits per heavy atom. The summed E-state index contributed by atoms with van der Waals surface area (Å²) >= 11 is 0. The number of carbonyl (C=O) groups is 1. The van der Waals surface area contributed by atoms with Crippen molar-refractivity contribution in [3.63, 3.8) is 0 Å². The highest BCUT2D eigenvalue weighted by Crippen LogP contribution is 2.31. The van der Waals surface area contributed by atoms with Crippen molar-refractivity contribution < 1.29 is 4.79 Å². The third-order valence-corrected chi connectivity index (χ3v) is 4.23. The van der Waals surface area contributed by atoms with E-state index in [1.165, 1.54) is 0 Å². The summed E-state index contributed by atoms with van der Waals surface area (Å²) in [5.74, 6) is 0.0839. The average molecular weight is 298 g/mol. The van der Waals surface area contributed by atoms with Crippen molar-refractivity contribution in [1.82, 2.24) is 30.8 Å². The highest BCUT2D eigenvalue weighted by atomic mass is 16.2. The molecule has 0 bridgehead atoms. The van der Waals surface area contributed by atoms with E-state index in [9.17, 15) is 4.79 Å². The zero-order valence-corrected chi connectivity index (χ0v) is 12.1. The molecule has 2 aromatic heterocycles. The fourth-order valence-corrected chi connectivity index (χ4v) is 3.16. The van der Waals surface area contributed by atoms with Gasteiger partial charge in [0.25, 0.3) is 0 Å². The van der Waals surface area contributed by atoms with Gasteiger partial charge in [0.05, 0.1) is 5.69 Å². The summed E-state index contributed by atoms with van der Waals surface area (Å²) in [6.07, 6.45) is 3.83. The molecule has 2 aromatic rings. The molecule has 0 saturated carbocycles. The molecule has 22 heavy (non-hydrogen) atoms. The van der Waals surface area contributed by atoms with Crippen molar-refractivity contribution in [2.24, 2.45) is 0 Å². The first-order chi connectivity index (χ1) is 10.8. The Morgan fingerprint density at radius 1 is 1.23 bits per heavy atom. The van der Waals surface area contributed by atoms with Crippen LogP contribution in [0.3, 0.4) is 0 Å². The van der Waals surface area contributed by atoms with Gasteiger partial charge in [-0.3, -0.25) is 9.78 Å². The van der Waals surface area contributed by atoms with Gasteiger partial charge >= 0.3 is 0 Å². The first-order valence-electron chi connectivity index (χ1n) is 7.44. The van der Waals surface area contributed by atoms with E-state index in [2.05, 4.69) is 38.2 Å². The van der Waals surface area contributed by atoms with Crippen molar-refractivity contribution >= 4 is 5.91 Å². The van der Waals surface area contributed by atoms with Crippen LogP contribution in [0.4, 0.5) is 0 Å². The van der Waals surface area contributed by atoms with Crippen LogP contribution in [0.5, 0.6) is 0 Å². The number of nitrogens with zero attached hydrogens (tertiary/aromatic N) is 3. The third kappa shape index (κ3) is 2.19. The summed E-state index contributed by atoms with van der Waals surface area (Å²) in [4.78, 5) is 19.3. The number of rotatable bonds is 2. The number of amides is 1. The van der Waals surface area contributed by atoms with Gasteiger partial charge in [-0.15, -0.1) is 0 Å². The summed E-state index contributed by atoms with van der Waals surface area (Å²) in [5.41, 5.74) is 10.7. The van der Waals surface area contributed by atoms with Crippen LogP contribution in [0, 0.1) is 0 Å². The number of hydrogen-bond donors (Lipinski definition) is 3. The van der Waals surface area contributed by atoms with Gasteiger partial charge in [-0.2, -0.15) is 5.53 Å². The Labute approximate surface area is 128 Å². The molecule has 1 amide bonds. The molecule has 2 unspecified atom stereocenters. The molecular weight excluding hydrogens is 280 g/mol. The molecule has 0 aromatic carbocycles. The quantitative estimate of drug-likeness (QED) is 0.716. The number of aromatic nitrogens is 2. The molecule has 1 fully saturated rings. The van der Waals surface area contributed by atoms with Gasteiger partial charge in [0.15, 0.2) is 0 Å². The van der Waals surface area contributed by atoms with Crippen LogP contribution in [0.25, 0.3) is 0 Å². The Bertz CT molecular complexity index is 664. The van der Waals surface area contributed by atoms with Crippen LogP contribution in [0.1, 0.15) is 17.4 Å². The fraction of sp³-hybridized carbons (Fsp3) is 0.333. The van der Waals surface area contributed by atoms with E-state index in [-0.39, 0.29) is 18.0 Å². The zero-order valence-electron chi connectivity index (χ0n) is 12.1. The van der Waals surface area contributed by atoms with Gasteiger partial charge in [-0.1, -0.05) is 6.07 Å². The number of carbonyl (C=O) groups excluding carboxylic acids is 1. The Kier molecular flexibility index (Phi) is 3.38. The molecule has 2 atom stereocenters. The average Bonchev–Trinajstić information content (AvgIpc) is 3.25. The normalized spacial score (nSPS) is 24.3. The molecule has 2 aliphatic heterocycles. The zero-order chi connectivity index (χ0) is 14.9. The van der Waals surface area contributed by atoms with Gasteiger partial charge in [0, 0.05) is 37.7 Å². The summed E-state index contributed by atoms with van der Waals surface area (Å²) in [6.45, 7) is 2.07. The van der Waals surface area contributed by atoms with E-state index in [4.69, 9.17) is 0 Å². The van der Waals surface area contributed by atoms with E-state index in [0.717, 1.165) is 17.9 Å². The Balaban J connectivity index is 1.72. The van der Waals surface area contributed by atoms with Gasteiger partial charge in [0.2, 0.25) is 5.91 Å². The van der Waals surface area contributed by atoms with E-state index in [1.807, 2.05) is 29.2 Å². The minimum absolute atomic E-state index is 0.0839. The van der Waals surface area contributed by atoms with Crippen LogP contribution in [-0.2, 0) is 11.3 Å². The standard InChI is InChI=1S/C15H18N6O/c22-15(12-10-17-19-18-12)21-9-8-20-7-3-5-13(20)14(21)11-4-1-2-6-16-11/h1-7,12,14,17-19H,8-10H2. The predicted molar refractivity (Wildman–Crippen MR) is 80.3 cm³/mol. The maximum Gasteiger partial charge on any atom is 0.243 e. The molecule has 7 nitrogen and oxygen atoms in total. The highest BCUT2D eigenvalue weighted by molar-refractivity contribution is 5.83. The summed E-state index contributed by atoms with van der Waals surface area (Å²) in [7, 11) is 0. The largest absolute Gasteiger partial charge is 0.347 e. The van der Waals surface area contributed by atoms with Gasteiger partial charge < -0.3 is 9.47 Å². The molecule has 4 heterocycles. The summed E-state index contributed by atoms with van der Waals surface area (Å²) < 4.78 is 2.20. The second-order valence-electron chi connectivity index (χ2n) is 5.52. The second-order valence-corrected chi connectivity index (χ2v) is 5.52. The predicted octanol–water partition coefficient (Wildman–Crippen LogP) is -0.204. The highest BCUT2D eigenvalue weighted by Gasteiger charge is 2.36. The van der Waals surface area contributed by atoms with Crippen molar-refractivity contribution in [3.05, 3.63) is 54.1 Å².